The Morgan fingerprint density at radius 3 is 2.50 bits per heavy atom. The largest absolute Gasteiger partial charge is 0.481 e. The van der Waals surface area contributed by atoms with Crippen LogP contribution in [0.3, 0.4) is 0 Å². The van der Waals surface area contributed by atoms with Crippen LogP contribution in [0.2, 0.25) is 0 Å². The van der Waals surface area contributed by atoms with Crippen molar-refractivity contribution in [2.45, 2.75) is 19.8 Å². The first-order valence-electron chi connectivity index (χ1n) is 4.44. The van der Waals surface area contributed by atoms with E-state index in [1.807, 2.05) is 0 Å². The zero-order valence-electron chi connectivity index (χ0n) is 8.36. The molecule has 1 rings (SSSR count). The third kappa shape index (κ3) is 2.24. The van der Waals surface area contributed by atoms with E-state index in [2.05, 4.69) is 0 Å². The van der Waals surface area contributed by atoms with Gasteiger partial charge >= 0.3 is 5.97 Å². The van der Waals surface area contributed by atoms with E-state index in [-0.39, 0.29) is 6.54 Å². The first-order valence-corrected chi connectivity index (χ1v) is 6.29. The molecule has 0 spiro atoms. The Hall–Kier alpha value is -0.620. The summed E-state index contributed by atoms with van der Waals surface area (Å²) in [5.74, 6) is -0.925. The molecule has 0 saturated carbocycles. The van der Waals surface area contributed by atoms with Crippen LogP contribution >= 0.6 is 0 Å². The van der Waals surface area contributed by atoms with Gasteiger partial charge in [-0.1, -0.05) is 0 Å². The Kier molecular flexibility index (Phi) is 2.87. The van der Waals surface area contributed by atoms with Crippen molar-refractivity contribution in [1.29, 1.82) is 0 Å². The van der Waals surface area contributed by atoms with Crippen LogP contribution in [-0.4, -0.2) is 43.1 Å². The number of sulfonamides is 1. The van der Waals surface area contributed by atoms with Crippen molar-refractivity contribution in [2.24, 2.45) is 5.41 Å². The molecule has 1 heterocycles. The van der Waals surface area contributed by atoms with Gasteiger partial charge in [-0.3, -0.25) is 4.79 Å². The third-order valence-corrected chi connectivity index (χ3v) is 3.90. The first kappa shape index (κ1) is 11.5. The van der Waals surface area contributed by atoms with Gasteiger partial charge in [-0.05, 0) is 19.8 Å². The molecule has 0 unspecified atom stereocenters. The number of aliphatic carboxylic acids is 1. The van der Waals surface area contributed by atoms with Crippen LogP contribution in [0.1, 0.15) is 19.8 Å². The quantitative estimate of drug-likeness (QED) is 0.719. The highest BCUT2D eigenvalue weighted by molar-refractivity contribution is 7.88. The van der Waals surface area contributed by atoms with E-state index < -0.39 is 21.4 Å². The summed E-state index contributed by atoms with van der Waals surface area (Å²) >= 11 is 0. The number of hydrogen-bond donors (Lipinski definition) is 1. The van der Waals surface area contributed by atoms with Crippen LogP contribution in [0.5, 0.6) is 0 Å². The maximum absolute atomic E-state index is 11.2. The second-order valence-electron chi connectivity index (χ2n) is 4.07. The van der Waals surface area contributed by atoms with Crippen molar-refractivity contribution < 1.29 is 18.3 Å². The Labute approximate surface area is 83.8 Å². The van der Waals surface area contributed by atoms with Crippen molar-refractivity contribution in [2.75, 3.05) is 19.3 Å². The number of nitrogens with zero attached hydrogens (tertiary/aromatic N) is 1. The molecule has 6 heteroatoms. The maximum atomic E-state index is 11.2. The molecular formula is C8H15NO4S. The molecule has 0 aromatic heterocycles. The molecule has 82 valence electrons. The van der Waals surface area contributed by atoms with E-state index in [1.54, 1.807) is 6.92 Å². The lowest BCUT2D eigenvalue weighted by Gasteiger charge is -2.35. The Bertz CT molecular complexity index is 337. The van der Waals surface area contributed by atoms with Gasteiger partial charge in [0, 0.05) is 13.1 Å². The molecule has 0 radical (unpaired) electrons. The van der Waals surface area contributed by atoms with Crippen molar-refractivity contribution in [3.05, 3.63) is 0 Å². The Morgan fingerprint density at radius 1 is 1.50 bits per heavy atom. The molecule has 14 heavy (non-hydrogen) atoms. The van der Waals surface area contributed by atoms with Gasteiger partial charge in [0.2, 0.25) is 10.0 Å². The number of carboxylic acids is 1. The summed E-state index contributed by atoms with van der Waals surface area (Å²) in [7, 11) is -3.26. The molecule has 1 fully saturated rings. The second-order valence-corrected chi connectivity index (χ2v) is 6.05. The summed E-state index contributed by atoms with van der Waals surface area (Å²) in [6, 6.07) is 0. The Morgan fingerprint density at radius 2 is 2.07 bits per heavy atom. The minimum atomic E-state index is -3.26. The van der Waals surface area contributed by atoms with Gasteiger partial charge in [0.15, 0.2) is 0 Å². The van der Waals surface area contributed by atoms with Gasteiger partial charge in [-0.15, -0.1) is 0 Å². The van der Waals surface area contributed by atoms with Crippen LogP contribution < -0.4 is 0 Å². The highest BCUT2D eigenvalue weighted by Crippen LogP contribution is 2.30. The molecule has 0 aromatic rings. The highest BCUT2D eigenvalue weighted by atomic mass is 32.2. The number of piperidine rings is 1. The average molecular weight is 221 g/mol. The van der Waals surface area contributed by atoms with Crippen LogP contribution in [-0.2, 0) is 14.8 Å². The maximum Gasteiger partial charge on any atom is 0.310 e. The number of rotatable bonds is 2. The second kappa shape index (κ2) is 3.51. The number of carbonyl (C=O) groups is 1. The van der Waals surface area contributed by atoms with E-state index >= 15 is 0 Å². The lowest BCUT2D eigenvalue weighted by molar-refractivity contribution is -0.150. The summed E-state index contributed by atoms with van der Waals surface area (Å²) in [6.07, 6.45) is 2.25. The fourth-order valence-electron chi connectivity index (χ4n) is 1.65. The van der Waals surface area contributed by atoms with E-state index in [4.69, 9.17) is 5.11 Å². The van der Waals surface area contributed by atoms with Gasteiger partial charge in [0.25, 0.3) is 0 Å². The van der Waals surface area contributed by atoms with E-state index in [1.165, 1.54) is 4.31 Å². The monoisotopic (exact) mass is 221 g/mol. The molecule has 5 nitrogen and oxygen atoms in total. The summed E-state index contributed by atoms with van der Waals surface area (Å²) in [5.41, 5.74) is -0.929. The third-order valence-electron chi connectivity index (χ3n) is 2.65. The normalized spacial score (nSPS) is 30.1. The zero-order chi connectivity index (χ0) is 11.0. The summed E-state index contributed by atoms with van der Waals surface area (Å²) < 4.78 is 23.7. The number of carboxylic acid groups (broad SMARTS) is 1. The van der Waals surface area contributed by atoms with Crippen LogP contribution in [0.15, 0.2) is 0 Å². The first-order chi connectivity index (χ1) is 6.26. The molecule has 1 atom stereocenters. The fraction of sp³-hybridized carbons (Fsp3) is 0.875. The van der Waals surface area contributed by atoms with Crippen LogP contribution in [0.4, 0.5) is 0 Å². The van der Waals surface area contributed by atoms with Gasteiger partial charge < -0.3 is 5.11 Å². The van der Waals surface area contributed by atoms with E-state index in [0.717, 1.165) is 6.26 Å². The summed E-state index contributed by atoms with van der Waals surface area (Å²) in [5, 5.41) is 8.96. The lowest BCUT2D eigenvalue weighted by Crippen LogP contribution is -2.47. The predicted octanol–water partition coefficient (Wildman–Crippen LogP) is 0.133. The summed E-state index contributed by atoms with van der Waals surface area (Å²) in [4.78, 5) is 10.9. The van der Waals surface area contributed by atoms with Gasteiger partial charge in [-0.25, -0.2) is 12.7 Å². The highest BCUT2D eigenvalue weighted by Gasteiger charge is 2.40. The van der Waals surface area contributed by atoms with Gasteiger partial charge in [0.05, 0.1) is 11.7 Å². The smallest absolute Gasteiger partial charge is 0.310 e. The van der Waals surface area contributed by atoms with Crippen molar-refractivity contribution in [3.63, 3.8) is 0 Å². The molecule has 0 bridgehead atoms. The molecule has 1 saturated heterocycles. The molecule has 0 aromatic carbocycles. The SMILES string of the molecule is C[C@]1(C(=O)O)CCCN(S(C)(=O)=O)C1. The number of hydrogen-bond acceptors (Lipinski definition) is 3. The molecule has 0 amide bonds. The molecule has 0 aliphatic carbocycles. The van der Waals surface area contributed by atoms with Gasteiger partial charge in [0.1, 0.15) is 0 Å². The molecule has 1 N–H and O–H groups in total. The van der Waals surface area contributed by atoms with E-state index in [9.17, 15) is 13.2 Å². The van der Waals surface area contributed by atoms with Crippen LogP contribution in [0.25, 0.3) is 0 Å². The van der Waals surface area contributed by atoms with Crippen molar-refractivity contribution in [3.8, 4) is 0 Å². The minimum absolute atomic E-state index is 0.0845. The Balaban J connectivity index is 2.85. The fourth-order valence-corrected chi connectivity index (χ4v) is 2.63. The zero-order valence-corrected chi connectivity index (χ0v) is 9.17. The van der Waals surface area contributed by atoms with Crippen molar-refractivity contribution in [1.82, 2.24) is 4.31 Å². The predicted molar refractivity (Wildman–Crippen MR) is 51.4 cm³/mol. The summed E-state index contributed by atoms with van der Waals surface area (Å²) in [6.45, 7) is 2.11. The van der Waals surface area contributed by atoms with E-state index in [0.29, 0.717) is 19.4 Å². The van der Waals surface area contributed by atoms with Crippen LogP contribution in [0, 0.1) is 5.41 Å². The topological polar surface area (TPSA) is 74.7 Å². The molecule has 1 aliphatic heterocycles. The molecule has 1 aliphatic rings. The van der Waals surface area contributed by atoms with Crippen molar-refractivity contribution >= 4 is 16.0 Å². The van der Waals surface area contributed by atoms with Gasteiger partial charge in [-0.2, -0.15) is 0 Å². The lowest BCUT2D eigenvalue weighted by atomic mass is 9.83. The molecular weight excluding hydrogens is 206 g/mol. The minimum Gasteiger partial charge on any atom is -0.481 e. The average Bonchev–Trinajstić information content (AvgIpc) is 2.02. The standard InChI is InChI=1S/C8H15NO4S/c1-8(7(10)11)4-3-5-9(6-8)14(2,12)13/h3-6H2,1-2H3,(H,10,11)/t8-/m0/s1.